The van der Waals surface area contributed by atoms with E-state index in [1.165, 1.54) is 0 Å². The molecule has 1 atom stereocenters. The minimum Gasteiger partial charge on any atom is -0.378 e. The lowest BCUT2D eigenvalue weighted by molar-refractivity contribution is 0.249. The summed E-state index contributed by atoms with van der Waals surface area (Å²) in [6.07, 6.45) is 0.480. The summed E-state index contributed by atoms with van der Waals surface area (Å²) in [4.78, 5) is 13.8. The van der Waals surface area contributed by atoms with E-state index in [0.29, 0.717) is 12.1 Å². The first-order valence-corrected chi connectivity index (χ1v) is 8.23. The molecule has 1 aliphatic heterocycles. The minimum atomic E-state index is -2.98. The molecule has 6 nitrogen and oxygen atoms in total. The number of nitrogens with one attached hydrogen (secondary N) is 2. The quantitative estimate of drug-likeness (QED) is 0.874. The number of urea groups is 1. The summed E-state index contributed by atoms with van der Waals surface area (Å²) in [6.45, 7) is 0. The van der Waals surface area contributed by atoms with Crippen LogP contribution in [-0.2, 0) is 9.84 Å². The Bertz CT molecular complexity index is 599. The second-order valence-corrected chi connectivity index (χ2v) is 7.37. The maximum absolute atomic E-state index is 11.8. The van der Waals surface area contributed by atoms with Crippen LogP contribution in [0.15, 0.2) is 24.3 Å². The van der Waals surface area contributed by atoms with Gasteiger partial charge in [0.15, 0.2) is 9.84 Å². The molecule has 1 aliphatic rings. The number of anilines is 2. The molecule has 0 aliphatic carbocycles. The van der Waals surface area contributed by atoms with Crippen molar-refractivity contribution in [2.75, 3.05) is 35.8 Å². The van der Waals surface area contributed by atoms with Crippen LogP contribution in [0.2, 0.25) is 0 Å². The molecule has 1 unspecified atom stereocenters. The highest BCUT2D eigenvalue weighted by Gasteiger charge is 2.28. The van der Waals surface area contributed by atoms with Gasteiger partial charge in [0.2, 0.25) is 0 Å². The summed E-state index contributed by atoms with van der Waals surface area (Å²) < 4.78 is 22.6. The van der Waals surface area contributed by atoms with Crippen LogP contribution < -0.4 is 15.5 Å². The molecule has 1 aromatic rings. The van der Waals surface area contributed by atoms with Crippen LogP contribution in [0.25, 0.3) is 0 Å². The minimum absolute atomic E-state index is 0.0259. The maximum atomic E-state index is 11.8. The van der Waals surface area contributed by atoms with Crippen molar-refractivity contribution in [2.24, 2.45) is 0 Å². The Morgan fingerprint density at radius 3 is 2.70 bits per heavy atom. The summed E-state index contributed by atoms with van der Waals surface area (Å²) in [5.41, 5.74) is 1.65. The second-order valence-electron chi connectivity index (χ2n) is 5.14. The van der Waals surface area contributed by atoms with Crippen molar-refractivity contribution in [1.29, 1.82) is 0 Å². The van der Waals surface area contributed by atoms with Gasteiger partial charge in [-0.15, -0.1) is 0 Å². The lowest BCUT2D eigenvalue weighted by Crippen LogP contribution is -2.38. The Morgan fingerprint density at radius 1 is 1.35 bits per heavy atom. The van der Waals surface area contributed by atoms with Crippen LogP contribution in [0.5, 0.6) is 0 Å². The van der Waals surface area contributed by atoms with Gasteiger partial charge in [-0.1, -0.05) is 6.07 Å². The molecule has 20 heavy (non-hydrogen) atoms. The fourth-order valence-electron chi connectivity index (χ4n) is 2.12. The number of carbonyl (C=O) groups excluding carboxylic acids is 1. The number of amides is 2. The zero-order valence-electron chi connectivity index (χ0n) is 11.6. The third kappa shape index (κ3) is 3.86. The first-order valence-electron chi connectivity index (χ1n) is 6.41. The monoisotopic (exact) mass is 297 g/mol. The molecule has 110 valence electrons. The third-order valence-electron chi connectivity index (χ3n) is 3.19. The predicted octanol–water partition coefficient (Wildman–Crippen LogP) is 1.06. The van der Waals surface area contributed by atoms with Gasteiger partial charge in [0.1, 0.15) is 0 Å². The standard InChI is InChI=1S/C13H19N3O3S/c1-16(2)12-5-3-4-10(8-12)14-13(17)15-11-6-7-20(18,19)9-11/h3-5,8,11H,6-7,9H2,1-2H3,(H2,14,15,17). The van der Waals surface area contributed by atoms with Crippen LogP contribution in [0.4, 0.5) is 16.2 Å². The average molecular weight is 297 g/mol. The Hall–Kier alpha value is -1.76. The van der Waals surface area contributed by atoms with Crippen LogP contribution in [-0.4, -0.2) is 46.1 Å². The molecule has 2 amide bonds. The number of nitrogens with zero attached hydrogens (tertiary/aromatic N) is 1. The van der Waals surface area contributed by atoms with E-state index >= 15 is 0 Å². The van der Waals surface area contributed by atoms with Crippen molar-refractivity contribution in [2.45, 2.75) is 12.5 Å². The molecule has 1 fully saturated rings. The molecule has 0 aromatic heterocycles. The zero-order valence-corrected chi connectivity index (χ0v) is 12.4. The Kier molecular flexibility index (Phi) is 4.17. The van der Waals surface area contributed by atoms with Crippen molar-refractivity contribution in [1.82, 2.24) is 5.32 Å². The molecule has 0 saturated carbocycles. The molecule has 2 N–H and O–H groups in total. The number of hydrogen-bond donors (Lipinski definition) is 2. The zero-order chi connectivity index (χ0) is 14.8. The van der Waals surface area contributed by atoms with E-state index in [-0.39, 0.29) is 23.6 Å². The highest BCUT2D eigenvalue weighted by molar-refractivity contribution is 7.91. The maximum Gasteiger partial charge on any atom is 0.319 e. The average Bonchev–Trinajstić information content (AvgIpc) is 2.68. The Labute approximate surface area is 119 Å². The van der Waals surface area contributed by atoms with Gasteiger partial charge in [0, 0.05) is 31.5 Å². The predicted molar refractivity (Wildman–Crippen MR) is 80.0 cm³/mol. The summed E-state index contributed by atoms with van der Waals surface area (Å²) in [7, 11) is 0.857. The largest absolute Gasteiger partial charge is 0.378 e. The first-order chi connectivity index (χ1) is 9.35. The lowest BCUT2D eigenvalue weighted by Gasteiger charge is -2.15. The van der Waals surface area contributed by atoms with Crippen molar-refractivity contribution in [3.8, 4) is 0 Å². The van der Waals surface area contributed by atoms with Gasteiger partial charge in [0.05, 0.1) is 11.5 Å². The van der Waals surface area contributed by atoms with E-state index < -0.39 is 9.84 Å². The Balaban J connectivity index is 1.93. The normalized spacial score (nSPS) is 20.4. The molecule has 2 rings (SSSR count). The lowest BCUT2D eigenvalue weighted by atomic mass is 10.2. The van der Waals surface area contributed by atoms with Crippen LogP contribution in [0, 0.1) is 0 Å². The molecule has 0 spiro atoms. The number of hydrogen-bond acceptors (Lipinski definition) is 4. The van der Waals surface area contributed by atoms with Crippen molar-refractivity contribution < 1.29 is 13.2 Å². The molecule has 0 bridgehead atoms. The fourth-order valence-corrected chi connectivity index (χ4v) is 3.80. The highest BCUT2D eigenvalue weighted by atomic mass is 32.2. The SMILES string of the molecule is CN(C)c1cccc(NC(=O)NC2CCS(=O)(=O)C2)c1. The van der Waals surface area contributed by atoms with Crippen LogP contribution in [0.3, 0.4) is 0 Å². The van der Waals surface area contributed by atoms with Gasteiger partial charge >= 0.3 is 6.03 Å². The molecule has 1 aromatic carbocycles. The summed E-state index contributed by atoms with van der Waals surface area (Å²) in [5.74, 6) is 0.173. The molecule has 1 heterocycles. The molecular weight excluding hydrogens is 278 g/mol. The van der Waals surface area contributed by atoms with E-state index in [4.69, 9.17) is 0 Å². The van der Waals surface area contributed by atoms with Crippen LogP contribution in [0.1, 0.15) is 6.42 Å². The second kappa shape index (κ2) is 5.70. The number of carbonyl (C=O) groups is 1. The molecule has 1 saturated heterocycles. The van der Waals surface area contributed by atoms with Crippen molar-refractivity contribution in [3.63, 3.8) is 0 Å². The van der Waals surface area contributed by atoms with Crippen molar-refractivity contribution in [3.05, 3.63) is 24.3 Å². The van der Waals surface area contributed by atoms with Gasteiger partial charge in [0.25, 0.3) is 0 Å². The van der Waals surface area contributed by atoms with Gasteiger partial charge < -0.3 is 15.5 Å². The molecule has 0 radical (unpaired) electrons. The topological polar surface area (TPSA) is 78.5 Å². The highest BCUT2D eigenvalue weighted by Crippen LogP contribution is 2.17. The fraction of sp³-hybridized carbons (Fsp3) is 0.462. The number of rotatable bonds is 3. The smallest absolute Gasteiger partial charge is 0.319 e. The number of sulfone groups is 1. The van der Waals surface area contributed by atoms with Crippen molar-refractivity contribution >= 4 is 27.2 Å². The molecule has 7 heteroatoms. The molecular formula is C13H19N3O3S. The van der Waals surface area contributed by atoms with Gasteiger partial charge in [-0.3, -0.25) is 0 Å². The van der Waals surface area contributed by atoms with Gasteiger partial charge in [-0.25, -0.2) is 13.2 Å². The third-order valence-corrected chi connectivity index (χ3v) is 4.96. The van der Waals surface area contributed by atoms with E-state index in [2.05, 4.69) is 10.6 Å². The van der Waals surface area contributed by atoms with E-state index in [1.54, 1.807) is 6.07 Å². The summed E-state index contributed by atoms with van der Waals surface area (Å²) >= 11 is 0. The van der Waals surface area contributed by atoms with Gasteiger partial charge in [-0.2, -0.15) is 0 Å². The van der Waals surface area contributed by atoms with Crippen LogP contribution >= 0.6 is 0 Å². The summed E-state index contributed by atoms with van der Waals surface area (Å²) in [6, 6.07) is 6.76. The number of benzene rings is 1. The first kappa shape index (κ1) is 14.6. The van der Waals surface area contributed by atoms with E-state index in [9.17, 15) is 13.2 Å². The Morgan fingerprint density at radius 2 is 2.10 bits per heavy atom. The van der Waals surface area contributed by atoms with E-state index in [1.807, 2.05) is 37.2 Å². The summed E-state index contributed by atoms with van der Waals surface area (Å²) in [5, 5.41) is 5.41. The van der Waals surface area contributed by atoms with E-state index in [0.717, 1.165) is 5.69 Å². The van der Waals surface area contributed by atoms with Gasteiger partial charge in [-0.05, 0) is 24.6 Å².